The summed E-state index contributed by atoms with van der Waals surface area (Å²) in [6.45, 7) is 5.33. The fourth-order valence-corrected chi connectivity index (χ4v) is 6.69. The Bertz CT molecular complexity index is 1500. The third kappa shape index (κ3) is 6.77. The van der Waals surface area contributed by atoms with Crippen LogP contribution in [-0.4, -0.2) is 102 Å². The Morgan fingerprint density at radius 1 is 1.05 bits per heavy atom. The number of nitrogens with one attached hydrogen (secondary N) is 2. The zero-order valence-corrected chi connectivity index (χ0v) is 25.2. The number of carbonyl (C=O) groups is 3. The second-order valence-corrected chi connectivity index (χ2v) is 12.5. The molecule has 11 heteroatoms. The lowest BCUT2D eigenvalue weighted by molar-refractivity contribution is -0.119. The Morgan fingerprint density at radius 3 is 2.48 bits per heavy atom. The molecule has 44 heavy (non-hydrogen) atoms. The molecule has 4 heterocycles. The molecule has 2 saturated heterocycles. The highest BCUT2D eigenvalue weighted by Gasteiger charge is 2.33. The predicted octanol–water partition coefficient (Wildman–Crippen LogP) is 3.45. The van der Waals surface area contributed by atoms with Crippen LogP contribution >= 0.6 is 0 Å². The highest BCUT2D eigenvalue weighted by atomic mass is 16.4. The third-order valence-corrected chi connectivity index (χ3v) is 9.45. The Hall–Kier alpha value is -4.25. The van der Waals surface area contributed by atoms with Crippen molar-refractivity contribution in [2.24, 2.45) is 11.8 Å². The van der Waals surface area contributed by atoms with Crippen LogP contribution in [0.1, 0.15) is 42.5 Å². The fraction of sp³-hybridized carbons (Fsp3) is 0.485. The summed E-state index contributed by atoms with van der Waals surface area (Å²) in [4.78, 5) is 52.7. The Balaban J connectivity index is 1.08. The van der Waals surface area contributed by atoms with Gasteiger partial charge in [-0.3, -0.25) is 9.59 Å². The molecule has 1 saturated carbocycles. The molecule has 6 rings (SSSR count). The first-order chi connectivity index (χ1) is 21.3. The number of nitrogens with zero attached hydrogens (tertiary/aromatic N) is 5. The van der Waals surface area contributed by atoms with Crippen molar-refractivity contribution >= 4 is 34.6 Å². The summed E-state index contributed by atoms with van der Waals surface area (Å²) in [6, 6.07) is 13.4. The Kier molecular flexibility index (Phi) is 8.92. The second kappa shape index (κ2) is 13.2. The van der Waals surface area contributed by atoms with Crippen molar-refractivity contribution in [2.75, 3.05) is 57.8 Å². The number of hydrogen-bond acceptors (Lipinski definition) is 7. The first kappa shape index (κ1) is 29.8. The van der Waals surface area contributed by atoms with Gasteiger partial charge in [0.2, 0.25) is 5.91 Å². The van der Waals surface area contributed by atoms with Gasteiger partial charge in [0.1, 0.15) is 5.82 Å². The molecular formula is C33H41N7O4. The van der Waals surface area contributed by atoms with Gasteiger partial charge in [0.05, 0.1) is 22.8 Å². The normalized spacial score (nSPS) is 22.5. The van der Waals surface area contributed by atoms with Gasteiger partial charge in [-0.15, -0.1) is 0 Å². The van der Waals surface area contributed by atoms with Gasteiger partial charge >= 0.3 is 6.09 Å². The maximum Gasteiger partial charge on any atom is 0.407 e. The lowest BCUT2D eigenvalue weighted by atomic mass is 9.81. The van der Waals surface area contributed by atoms with Crippen molar-refractivity contribution in [1.29, 1.82) is 0 Å². The van der Waals surface area contributed by atoms with E-state index in [1.54, 1.807) is 0 Å². The van der Waals surface area contributed by atoms with Crippen molar-refractivity contribution in [3.05, 3.63) is 54.2 Å². The lowest BCUT2D eigenvalue weighted by Crippen LogP contribution is -2.44. The number of carboxylic acid groups (broad SMARTS) is 1. The third-order valence-electron chi connectivity index (χ3n) is 9.45. The highest BCUT2D eigenvalue weighted by Crippen LogP contribution is 2.31. The van der Waals surface area contributed by atoms with Gasteiger partial charge < -0.3 is 30.4 Å². The molecule has 3 aliphatic rings. The van der Waals surface area contributed by atoms with Gasteiger partial charge in [-0.1, -0.05) is 18.2 Å². The number of anilines is 1. The van der Waals surface area contributed by atoms with E-state index in [4.69, 9.17) is 9.97 Å². The summed E-state index contributed by atoms with van der Waals surface area (Å²) in [6.07, 6.45) is 4.76. The number of para-hydroxylation sites is 1. The maximum absolute atomic E-state index is 13.6. The average Bonchev–Trinajstić information content (AvgIpc) is 3.48. The molecule has 1 aromatic carbocycles. The number of piperazine rings is 1. The largest absolute Gasteiger partial charge is 0.465 e. The molecule has 0 spiro atoms. The number of amides is 3. The van der Waals surface area contributed by atoms with Crippen LogP contribution in [0, 0.1) is 11.8 Å². The minimum Gasteiger partial charge on any atom is -0.465 e. The van der Waals surface area contributed by atoms with Crippen LogP contribution in [0.2, 0.25) is 0 Å². The molecule has 2 aliphatic heterocycles. The quantitative estimate of drug-likeness (QED) is 0.359. The number of hydrogen-bond donors (Lipinski definition) is 3. The van der Waals surface area contributed by atoms with Gasteiger partial charge in [-0.25, -0.2) is 14.8 Å². The molecule has 3 fully saturated rings. The van der Waals surface area contributed by atoms with Crippen molar-refractivity contribution < 1.29 is 19.5 Å². The van der Waals surface area contributed by atoms with Gasteiger partial charge in [0, 0.05) is 69.4 Å². The van der Waals surface area contributed by atoms with E-state index in [0.717, 1.165) is 74.1 Å². The molecule has 2 aromatic heterocycles. The smallest absolute Gasteiger partial charge is 0.407 e. The monoisotopic (exact) mass is 599 g/mol. The molecule has 11 nitrogen and oxygen atoms in total. The Morgan fingerprint density at radius 2 is 1.80 bits per heavy atom. The summed E-state index contributed by atoms with van der Waals surface area (Å²) in [7, 11) is 2.14. The average molecular weight is 600 g/mol. The van der Waals surface area contributed by atoms with Crippen molar-refractivity contribution in [3.8, 4) is 11.3 Å². The van der Waals surface area contributed by atoms with Crippen molar-refractivity contribution in [2.45, 2.75) is 38.1 Å². The molecule has 0 unspecified atom stereocenters. The molecule has 0 bridgehead atoms. The predicted molar refractivity (Wildman–Crippen MR) is 169 cm³/mol. The maximum atomic E-state index is 13.6. The fourth-order valence-electron chi connectivity index (χ4n) is 6.69. The van der Waals surface area contributed by atoms with E-state index in [9.17, 15) is 19.5 Å². The van der Waals surface area contributed by atoms with E-state index in [1.165, 1.54) is 4.90 Å². The van der Waals surface area contributed by atoms with Crippen LogP contribution in [0.4, 0.5) is 10.6 Å². The lowest BCUT2D eigenvalue weighted by Gasteiger charge is -2.33. The number of carbonyl (C=O) groups excluding carboxylic acids is 2. The number of aromatic nitrogens is 2. The molecule has 1 atom stereocenters. The number of benzene rings is 1. The number of likely N-dealkylation sites (N-methyl/N-ethyl adjacent to an activating group) is 1. The van der Waals surface area contributed by atoms with E-state index in [0.29, 0.717) is 36.8 Å². The van der Waals surface area contributed by atoms with E-state index in [2.05, 4.69) is 27.5 Å². The van der Waals surface area contributed by atoms with Crippen LogP contribution < -0.4 is 15.5 Å². The second-order valence-electron chi connectivity index (χ2n) is 12.5. The summed E-state index contributed by atoms with van der Waals surface area (Å²) in [5.74, 6) is 1.34. The molecule has 3 aromatic rings. The first-order valence-corrected chi connectivity index (χ1v) is 15.7. The van der Waals surface area contributed by atoms with Gasteiger partial charge in [0.25, 0.3) is 5.91 Å². The van der Waals surface area contributed by atoms with Gasteiger partial charge in [-0.05, 0) is 68.8 Å². The molecule has 3 amide bonds. The van der Waals surface area contributed by atoms with Gasteiger partial charge in [-0.2, -0.15) is 0 Å². The van der Waals surface area contributed by atoms with E-state index < -0.39 is 6.09 Å². The van der Waals surface area contributed by atoms with Crippen LogP contribution in [0.15, 0.2) is 48.7 Å². The number of fused-ring (bicyclic) bond motifs is 1. The summed E-state index contributed by atoms with van der Waals surface area (Å²) < 4.78 is 0. The summed E-state index contributed by atoms with van der Waals surface area (Å²) in [5, 5.41) is 16.4. The minimum absolute atomic E-state index is 0.0921. The molecule has 232 valence electrons. The van der Waals surface area contributed by atoms with E-state index >= 15 is 0 Å². The van der Waals surface area contributed by atoms with Crippen LogP contribution in [0.3, 0.4) is 0 Å². The van der Waals surface area contributed by atoms with Crippen molar-refractivity contribution in [1.82, 2.24) is 30.4 Å². The SMILES string of the molecule is CN1CCN(c2ccc(-c3cc(C(=O)NC[C@H]4CC[C@H](CN(C(=O)O)[C@H]5CNC(=O)C5)CC4)c4ccccc4n3)cn2)CC1. The standard InChI is InChI=1S/C33H41N7O4/c1-38-12-14-39(15-13-38)30-11-10-24(19-34-30)29-17-27(26-4-2-3-5-28(26)37-29)32(42)36-18-22-6-8-23(9-7-22)21-40(33(43)44)25-16-31(41)35-20-25/h2-5,10-11,17,19,22-23,25H,6-9,12-16,18,20-21H2,1H3,(H,35,41)(H,36,42)(H,43,44)/t22-,23-,25-/m1/s1. The first-order valence-electron chi connectivity index (χ1n) is 15.7. The molecule has 3 N–H and O–H groups in total. The Labute approximate surface area is 257 Å². The zero-order chi connectivity index (χ0) is 30.6. The number of rotatable bonds is 8. The highest BCUT2D eigenvalue weighted by molar-refractivity contribution is 6.07. The van der Waals surface area contributed by atoms with E-state index in [-0.39, 0.29) is 30.2 Å². The van der Waals surface area contributed by atoms with Crippen LogP contribution in [0.25, 0.3) is 22.2 Å². The topological polar surface area (TPSA) is 131 Å². The minimum atomic E-state index is -0.966. The van der Waals surface area contributed by atoms with Crippen molar-refractivity contribution in [3.63, 3.8) is 0 Å². The van der Waals surface area contributed by atoms with Crippen LogP contribution in [-0.2, 0) is 4.79 Å². The molecule has 0 radical (unpaired) electrons. The van der Waals surface area contributed by atoms with Gasteiger partial charge in [0.15, 0.2) is 0 Å². The zero-order valence-electron chi connectivity index (χ0n) is 25.2. The summed E-state index contributed by atoms with van der Waals surface area (Å²) in [5.41, 5.74) is 2.95. The summed E-state index contributed by atoms with van der Waals surface area (Å²) >= 11 is 0. The molecular weight excluding hydrogens is 558 g/mol. The number of pyridine rings is 2. The molecule has 1 aliphatic carbocycles. The van der Waals surface area contributed by atoms with Crippen LogP contribution in [0.5, 0.6) is 0 Å². The van der Waals surface area contributed by atoms with E-state index in [1.807, 2.05) is 48.7 Å².